The molecule has 0 amide bonds. The van der Waals surface area contributed by atoms with Crippen LogP contribution in [0.1, 0.15) is 15.9 Å². The maximum atomic E-state index is 11.9. The van der Waals surface area contributed by atoms with Crippen LogP contribution in [0.5, 0.6) is 0 Å². The highest BCUT2D eigenvalue weighted by Gasteiger charge is 2.13. The average Bonchev–Trinajstić information content (AvgIpc) is 2.83. The molecule has 1 aromatic heterocycles. The molecule has 2 aromatic carbocycles. The van der Waals surface area contributed by atoms with Crippen LogP contribution in [0.3, 0.4) is 0 Å². The first-order valence-electron chi connectivity index (χ1n) is 6.56. The Labute approximate surface area is 128 Å². The van der Waals surface area contributed by atoms with Crippen molar-refractivity contribution in [3.63, 3.8) is 0 Å². The van der Waals surface area contributed by atoms with E-state index < -0.39 is 16.6 Å². The summed E-state index contributed by atoms with van der Waals surface area (Å²) in [6.07, 6.45) is 0. The molecule has 0 bridgehead atoms. The summed E-state index contributed by atoms with van der Waals surface area (Å²) in [5.74, 6) is -1.74. The Morgan fingerprint density at radius 2 is 1.91 bits per heavy atom. The van der Waals surface area contributed by atoms with Gasteiger partial charge < -0.3 is 9.52 Å². The van der Waals surface area contributed by atoms with Crippen molar-refractivity contribution >= 4 is 22.8 Å². The Bertz CT molecular complexity index is 968. The summed E-state index contributed by atoms with van der Waals surface area (Å²) in [4.78, 5) is 33.0. The standard InChI is InChI=1S/C15H10N2O6/c18-14(19)10-3-6-12-13(7-10)23-15(20)16(12)8-9-1-4-11(5-2-9)17(21)22/h1-7H,8H2,(H,18,19). The van der Waals surface area contributed by atoms with Gasteiger partial charge in [-0.2, -0.15) is 0 Å². The summed E-state index contributed by atoms with van der Waals surface area (Å²) in [5, 5.41) is 19.6. The molecule has 0 atom stereocenters. The summed E-state index contributed by atoms with van der Waals surface area (Å²) in [6, 6.07) is 9.97. The quantitative estimate of drug-likeness (QED) is 0.583. The largest absolute Gasteiger partial charge is 0.478 e. The molecule has 0 radical (unpaired) electrons. The number of aromatic carboxylic acids is 1. The van der Waals surface area contributed by atoms with E-state index in [0.29, 0.717) is 11.1 Å². The van der Waals surface area contributed by atoms with Crippen LogP contribution in [0.25, 0.3) is 11.1 Å². The van der Waals surface area contributed by atoms with E-state index in [9.17, 15) is 19.7 Å². The second-order valence-corrected chi connectivity index (χ2v) is 4.87. The molecule has 0 spiro atoms. The number of hydrogen-bond donors (Lipinski definition) is 1. The van der Waals surface area contributed by atoms with Crippen LogP contribution < -0.4 is 5.76 Å². The molecule has 0 aliphatic heterocycles. The number of nitrogens with zero attached hydrogens (tertiary/aromatic N) is 2. The third-order valence-corrected chi connectivity index (χ3v) is 3.40. The second kappa shape index (κ2) is 5.41. The van der Waals surface area contributed by atoms with Gasteiger partial charge in [0.1, 0.15) is 0 Å². The maximum absolute atomic E-state index is 11.9. The molecule has 8 heteroatoms. The molecule has 116 valence electrons. The molecule has 1 N–H and O–H groups in total. The summed E-state index contributed by atoms with van der Waals surface area (Å²) in [7, 11) is 0. The van der Waals surface area contributed by atoms with Crippen LogP contribution in [0.15, 0.2) is 51.7 Å². The lowest BCUT2D eigenvalue weighted by atomic mass is 10.2. The highest BCUT2D eigenvalue weighted by molar-refractivity contribution is 5.91. The van der Waals surface area contributed by atoms with Crippen LogP contribution in [0.2, 0.25) is 0 Å². The number of fused-ring (bicyclic) bond motifs is 1. The smallest absolute Gasteiger partial charge is 0.420 e. The highest BCUT2D eigenvalue weighted by atomic mass is 16.6. The highest BCUT2D eigenvalue weighted by Crippen LogP contribution is 2.18. The lowest BCUT2D eigenvalue weighted by Crippen LogP contribution is -2.14. The number of rotatable bonds is 4. The molecule has 3 aromatic rings. The fourth-order valence-corrected chi connectivity index (χ4v) is 2.25. The molecule has 0 aliphatic carbocycles. The van der Waals surface area contributed by atoms with E-state index in [1.54, 1.807) is 12.1 Å². The number of nitro groups is 1. The van der Waals surface area contributed by atoms with Crippen molar-refractivity contribution in [1.29, 1.82) is 0 Å². The Kier molecular flexibility index (Phi) is 3.41. The molecular weight excluding hydrogens is 304 g/mol. The van der Waals surface area contributed by atoms with Gasteiger partial charge in [-0.15, -0.1) is 0 Å². The molecule has 8 nitrogen and oxygen atoms in total. The Balaban J connectivity index is 1.99. The third kappa shape index (κ3) is 2.69. The minimum absolute atomic E-state index is 0.0220. The minimum atomic E-state index is -1.11. The fourth-order valence-electron chi connectivity index (χ4n) is 2.25. The number of non-ortho nitro benzene ring substituents is 1. The first-order chi connectivity index (χ1) is 11.0. The lowest BCUT2D eigenvalue weighted by molar-refractivity contribution is -0.384. The van der Waals surface area contributed by atoms with Gasteiger partial charge >= 0.3 is 11.7 Å². The predicted molar refractivity (Wildman–Crippen MR) is 79.6 cm³/mol. The number of carbonyl (C=O) groups is 1. The molecule has 0 saturated carbocycles. The third-order valence-electron chi connectivity index (χ3n) is 3.40. The molecule has 0 aliphatic rings. The van der Waals surface area contributed by atoms with Gasteiger partial charge in [-0.3, -0.25) is 14.7 Å². The zero-order valence-electron chi connectivity index (χ0n) is 11.6. The summed E-state index contributed by atoms with van der Waals surface area (Å²) < 4.78 is 6.40. The van der Waals surface area contributed by atoms with E-state index in [0.717, 1.165) is 0 Å². The molecule has 0 unspecified atom stereocenters. The van der Waals surface area contributed by atoms with Crippen molar-refractivity contribution in [2.24, 2.45) is 0 Å². The van der Waals surface area contributed by atoms with Gasteiger partial charge in [0.25, 0.3) is 5.69 Å². The van der Waals surface area contributed by atoms with Gasteiger partial charge in [-0.1, -0.05) is 12.1 Å². The molecule has 0 fully saturated rings. The second-order valence-electron chi connectivity index (χ2n) is 4.87. The molecular formula is C15H10N2O6. The van der Waals surface area contributed by atoms with Crippen LogP contribution in [-0.4, -0.2) is 20.6 Å². The van der Waals surface area contributed by atoms with Crippen LogP contribution in [0, 0.1) is 10.1 Å². The number of aromatic nitrogens is 1. The normalized spacial score (nSPS) is 10.8. The van der Waals surface area contributed by atoms with Gasteiger partial charge in [0.05, 0.1) is 22.5 Å². The van der Waals surface area contributed by atoms with Gasteiger partial charge in [-0.05, 0) is 23.8 Å². The lowest BCUT2D eigenvalue weighted by Gasteiger charge is -2.03. The zero-order valence-corrected chi connectivity index (χ0v) is 11.6. The number of carboxylic acid groups (broad SMARTS) is 1. The average molecular weight is 314 g/mol. The molecule has 1 heterocycles. The zero-order chi connectivity index (χ0) is 16.6. The van der Waals surface area contributed by atoms with E-state index in [-0.39, 0.29) is 23.4 Å². The van der Waals surface area contributed by atoms with Crippen molar-refractivity contribution in [2.75, 3.05) is 0 Å². The van der Waals surface area contributed by atoms with E-state index in [1.807, 2.05) is 0 Å². The SMILES string of the molecule is O=C(O)c1ccc2c(c1)oc(=O)n2Cc1ccc([N+](=O)[O-])cc1. The summed E-state index contributed by atoms with van der Waals surface area (Å²) in [5.41, 5.74) is 1.30. The van der Waals surface area contributed by atoms with Crippen molar-refractivity contribution in [3.8, 4) is 0 Å². The number of benzene rings is 2. The Morgan fingerprint density at radius 3 is 2.52 bits per heavy atom. The van der Waals surface area contributed by atoms with Gasteiger partial charge in [0.15, 0.2) is 5.58 Å². The Morgan fingerprint density at radius 1 is 1.22 bits per heavy atom. The molecule has 23 heavy (non-hydrogen) atoms. The molecule has 0 saturated heterocycles. The topological polar surface area (TPSA) is 116 Å². The fraction of sp³-hybridized carbons (Fsp3) is 0.0667. The van der Waals surface area contributed by atoms with Gasteiger partial charge in [-0.25, -0.2) is 9.59 Å². The van der Waals surface area contributed by atoms with Gasteiger partial charge in [0.2, 0.25) is 0 Å². The van der Waals surface area contributed by atoms with Crippen molar-refractivity contribution < 1.29 is 19.2 Å². The predicted octanol–water partition coefficient (Wildman–Crippen LogP) is 2.25. The molecule has 3 rings (SSSR count). The van der Waals surface area contributed by atoms with E-state index >= 15 is 0 Å². The number of nitro benzene ring substituents is 1. The maximum Gasteiger partial charge on any atom is 0.420 e. The van der Waals surface area contributed by atoms with Crippen molar-refractivity contribution in [3.05, 3.63) is 74.3 Å². The monoisotopic (exact) mass is 314 g/mol. The van der Waals surface area contributed by atoms with Crippen molar-refractivity contribution in [2.45, 2.75) is 6.54 Å². The number of hydrogen-bond acceptors (Lipinski definition) is 5. The van der Waals surface area contributed by atoms with E-state index in [1.165, 1.54) is 34.9 Å². The Hall–Kier alpha value is -3.42. The van der Waals surface area contributed by atoms with Crippen molar-refractivity contribution in [1.82, 2.24) is 4.57 Å². The first-order valence-corrected chi connectivity index (χ1v) is 6.56. The van der Waals surface area contributed by atoms with Gasteiger partial charge in [0, 0.05) is 12.1 Å². The summed E-state index contributed by atoms with van der Waals surface area (Å²) in [6.45, 7) is 0.163. The van der Waals surface area contributed by atoms with E-state index in [2.05, 4.69) is 0 Å². The van der Waals surface area contributed by atoms with E-state index in [4.69, 9.17) is 9.52 Å². The summed E-state index contributed by atoms with van der Waals surface area (Å²) >= 11 is 0. The first kappa shape index (κ1) is 14.5. The number of carboxylic acids is 1. The van der Waals surface area contributed by atoms with Crippen LogP contribution >= 0.6 is 0 Å². The minimum Gasteiger partial charge on any atom is -0.478 e. The number of oxazole rings is 1. The van der Waals surface area contributed by atoms with Crippen LogP contribution in [0.4, 0.5) is 5.69 Å². The van der Waals surface area contributed by atoms with Crippen LogP contribution in [-0.2, 0) is 6.54 Å².